The standard InChI is InChI=1S/C8H10N4O4/c13-8(14)5-1-2-6(3-5)11-9-4-7(10-11)12(15)16/h4-6H,1-3H2,(H,13,14). The van der Waals surface area contributed by atoms with E-state index in [1.807, 2.05) is 0 Å². The highest BCUT2D eigenvalue weighted by Crippen LogP contribution is 2.33. The van der Waals surface area contributed by atoms with Gasteiger partial charge in [0.2, 0.25) is 0 Å². The van der Waals surface area contributed by atoms with Crippen molar-refractivity contribution in [3.63, 3.8) is 0 Å². The van der Waals surface area contributed by atoms with E-state index >= 15 is 0 Å². The van der Waals surface area contributed by atoms with E-state index in [4.69, 9.17) is 5.11 Å². The highest BCUT2D eigenvalue weighted by molar-refractivity contribution is 5.70. The summed E-state index contributed by atoms with van der Waals surface area (Å²) in [5.74, 6) is -1.53. The fourth-order valence-electron chi connectivity index (χ4n) is 1.92. The molecule has 86 valence electrons. The summed E-state index contributed by atoms with van der Waals surface area (Å²) in [6.45, 7) is 0. The van der Waals surface area contributed by atoms with Gasteiger partial charge in [0.1, 0.15) is 0 Å². The molecule has 0 aromatic carbocycles. The maximum atomic E-state index is 10.7. The molecule has 8 nitrogen and oxygen atoms in total. The number of hydrogen-bond donors (Lipinski definition) is 1. The number of aromatic nitrogens is 3. The molecule has 0 saturated heterocycles. The minimum Gasteiger partial charge on any atom is -0.481 e. The smallest absolute Gasteiger partial charge is 0.410 e. The summed E-state index contributed by atoms with van der Waals surface area (Å²) in [6, 6.07) is -0.144. The first-order valence-corrected chi connectivity index (χ1v) is 4.87. The van der Waals surface area contributed by atoms with Crippen molar-refractivity contribution in [1.82, 2.24) is 15.0 Å². The maximum absolute atomic E-state index is 10.7. The molecule has 1 aliphatic rings. The Morgan fingerprint density at radius 2 is 2.38 bits per heavy atom. The molecule has 2 rings (SSSR count). The molecular formula is C8H10N4O4. The number of aliphatic carboxylic acids is 1. The molecule has 0 amide bonds. The number of nitro groups is 1. The van der Waals surface area contributed by atoms with Crippen LogP contribution in [0.3, 0.4) is 0 Å². The minimum absolute atomic E-state index is 0.144. The van der Waals surface area contributed by atoms with E-state index in [1.54, 1.807) is 0 Å². The van der Waals surface area contributed by atoms with Crippen molar-refractivity contribution in [2.75, 3.05) is 0 Å². The van der Waals surface area contributed by atoms with Gasteiger partial charge in [0, 0.05) is 0 Å². The Kier molecular flexibility index (Phi) is 2.55. The Morgan fingerprint density at radius 1 is 1.62 bits per heavy atom. The van der Waals surface area contributed by atoms with Gasteiger partial charge in [-0.2, -0.15) is 0 Å². The largest absolute Gasteiger partial charge is 0.481 e. The van der Waals surface area contributed by atoms with Gasteiger partial charge in [0.15, 0.2) is 6.20 Å². The van der Waals surface area contributed by atoms with Gasteiger partial charge in [-0.25, -0.2) is 0 Å². The van der Waals surface area contributed by atoms with Crippen molar-refractivity contribution in [3.8, 4) is 0 Å². The van der Waals surface area contributed by atoms with Crippen LogP contribution < -0.4 is 0 Å². The van der Waals surface area contributed by atoms with Gasteiger partial charge in [-0.15, -0.1) is 5.10 Å². The fraction of sp³-hybridized carbons (Fsp3) is 0.625. The molecule has 0 spiro atoms. The highest BCUT2D eigenvalue weighted by Gasteiger charge is 2.33. The molecule has 1 heterocycles. The van der Waals surface area contributed by atoms with Crippen molar-refractivity contribution in [2.45, 2.75) is 25.3 Å². The molecule has 2 atom stereocenters. The summed E-state index contributed by atoms with van der Waals surface area (Å²) in [7, 11) is 0. The van der Waals surface area contributed by atoms with Gasteiger partial charge in [0.05, 0.1) is 17.1 Å². The third-order valence-corrected chi connectivity index (χ3v) is 2.76. The van der Waals surface area contributed by atoms with E-state index in [9.17, 15) is 14.9 Å². The van der Waals surface area contributed by atoms with Crippen molar-refractivity contribution in [2.24, 2.45) is 5.92 Å². The van der Waals surface area contributed by atoms with Gasteiger partial charge in [-0.1, -0.05) is 4.80 Å². The molecule has 0 radical (unpaired) electrons. The minimum atomic E-state index is -0.829. The Hall–Kier alpha value is -1.99. The van der Waals surface area contributed by atoms with Gasteiger partial charge in [0.25, 0.3) is 0 Å². The van der Waals surface area contributed by atoms with E-state index < -0.39 is 16.8 Å². The van der Waals surface area contributed by atoms with Crippen molar-refractivity contribution < 1.29 is 14.8 Å². The summed E-state index contributed by atoms with van der Waals surface area (Å²) in [5.41, 5.74) is 0. The maximum Gasteiger partial charge on any atom is 0.410 e. The second kappa shape index (κ2) is 3.87. The van der Waals surface area contributed by atoms with Crippen LogP contribution in [0.5, 0.6) is 0 Å². The van der Waals surface area contributed by atoms with Crippen LogP contribution in [0.15, 0.2) is 6.20 Å². The predicted octanol–water partition coefficient (Wildman–Crippen LogP) is 0.612. The van der Waals surface area contributed by atoms with E-state index in [1.165, 1.54) is 4.80 Å². The molecule has 1 N–H and O–H groups in total. The normalized spacial score (nSPS) is 24.5. The lowest BCUT2D eigenvalue weighted by molar-refractivity contribution is -0.389. The average molecular weight is 226 g/mol. The summed E-state index contributed by atoms with van der Waals surface area (Å²) >= 11 is 0. The highest BCUT2D eigenvalue weighted by atomic mass is 16.6. The van der Waals surface area contributed by atoms with Crippen LogP contribution in [-0.4, -0.2) is 31.0 Å². The van der Waals surface area contributed by atoms with Crippen molar-refractivity contribution >= 4 is 11.8 Å². The van der Waals surface area contributed by atoms with Crippen molar-refractivity contribution in [3.05, 3.63) is 16.3 Å². The van der Waals surface area contributed by atoms with Crippen LogP contribution in [0.1, 0.15) is 25.3 Å². The van der Waals surface area contributed by atoms with Crippen LogP contribution >= 0.6 is 0 Å². The number of carbonyl (C=O) groups is 1. The molecule has 1 saturated carbocycles. The molecule has 1 aromatic heterocycles. The molecule has 1 fully saturated rings. The van der Waals surface area contributed by atoms with Crippen LogP contribution in [-0.2, 0) is 4.79 Å². The monoisotopic (exact) mass is 226 g/mol. The molecular weight excluding hydrogens is 216 g/mol. The van der Waals surface area contributed by atoms with E-state index in [0.717, 1.165) is 6.20 Å². The van der Waals surface area contributed by atoms with E-state index in [0.29, 0.717) is 19.3 Å². The number of rotatable bonds is 3. The summed E-state index contributed by atoms with van der Waals surface area (Å²) in [4.78, 5) is 21.8. The number of nitrogens with zero attached hydrogens (tertiary/aromatic N) is 4. The predicted molar refractivity (Wildman–Crippen MR) is 50.7 cm³/mol. The van der Waals surface area contributed by atoms with Gasteiger partial charge in [-0.3, -0.25) is 4.79 Å². The van der Waals surface area contributed by atoms with Gasteiger partial charge < -0.3 is 15.2 Å². The molecule has 1 aromatic rings. The van der Waals surface area contributed by atoms with Gasteiger partial charge in [-0.05, 0) is 24.2 Å². The van der Waals surface area contributed by atoms with Crippen LogP contribution in [0.25, 0.3) is 0 Å². The molecule has 1 aliphatic carbocycles. The summed E-state index contributed by atoms with van der Waals surface area (Å²) in [6.07, 6.45) is 2.72. The number of hydrogen-bond acceptors (Lipinski definition) is 5. The fourth-order valence-corrected chi connectivity index (χ4v) is 1.92. The van der Waals surface area contributed by atoms with Gasteiger partial charge >= 0.3 is 11.8 Å². The summed E-state index contributed by atoms with van der Waals surface area (Å²) in [5, 5.41) is 26.7. The van der Waals surface area contributed by atoms with E-state index in [-0.39, 0.29) is 11.9 Å². The zero-order valence-electron chi connectivity index (χ0n) is 8.31. The van der Waals surface area contributed by atoms with Crippen LogP contribution in [0.4, 0.5) is 5.82 Å². The first-order chi connectivity index (χ1) is 7.58. The molecule has 0 aliphatic heterocycles. The zero-order valence-corrected chi connectivity index (χ0v) is 8.31. The lowest BCUT2D eigenvalue weighted by atomic mass is 10.1. The van der Waals surface area contributed by atoms with Crippen LogP contribution in [0, 0.1) is 16.0 Å². The van der Waals surface area contributed by atoms with Crippen LogP contribution in [0.2, 0.25) is 0 Å². The third-order valence-electron chi connectivity index (χ3n) is 2.76. The number of carboxylic acids is 1. The summed E-state index contributed by atoms with van der Waals surface area (Å²) < 4.78 is 0. The lowest BCUT2D eigenvalue weighted by Crippen LogP contribution is -2.13. The Balaban J connectivity index is 2.08. The second-order valence-corrected chi connectivity index (χ2v) is 3.78. The zero-order chi connectivity index (χ0) is 11.7. The number of carboxylic acid groups (broad SMARTS) is 1. The third kappa shape index (κ3) is 1.86. The Morgan fingerprint density at radius 3 is 2.88 bits per heavy atom. The second-order valence-electron chi connectivity index (χ2n) is 3.78. The topological polar surface area (TPSA) is 111 Å². The molecule has 16 heavy (non-hydrogen) atoms. The quantitative estimate of drug-likeness (QED) is 0.597. The van der Waals surface area contributed by atoms with Crippen molar-refractivity contribution in [1.29, 1.82) is 0 Å². The molecule has 8 heteroatoms. The first kappa shape index (κ1) is 10.5. The van der Waals surface area contributed by atoms with E-state index in [2.05, 4.69) is 10.2 Å². The molecule has 2 unspecified atom stereocenters. The lowest BCUT2D eigenvalue weighted by Gasteiger charge is -2.03. The average Bonchev–Trinajstić information content (AvgIpc) is 2.86. The Bertz CT molecular complexity index is 429. The molecule has 0 bridgehead atoms. The first-order valence-electron chi connectivity index (χ1n) is 4.87. The SMILES string of the molecule is O=C(O)C1CCC(n2ncc([N+](=O)[O-])n2)C1. The Labute approximate surface area is 90.0 Å².